The van der Waals surface area contributed by atoms with Crippen LogP contribution in [0.4, 0.5) is 17.1 Å². The van der Waals surface area contributed by atoms with Gasteiger partial charge in [-0.05, 0) is 61.9 Å². The number of anilines is 2. The van der Waals surface area contributed by atoms with Crippen molar-refractivity contribution in [3.63, 3.8) is 0 Å². The van der Waals surface area contributed by atoms with Crippen LogP contribution in [0.1, 0.15) is 22.8 Å². The van der Waals surface area contributed by atoms with Crippen molar-refractivity contribution in [1.82, 2.24) is 4.98 Å². The lowest BCUT2D eigenvalue weighted by Crippen LogP contribution is -2.30. The van der Waals surface area contributed by atoms with E-state index < -0.39 is 38.5 Å². The number of benzene rings is 3. The minimum Gasteiger partial charge on any atom is -0.449 e. The van der Waals surface area contributed by atoms with Gasteiger partial charge in [0.05, 0.1) is 15.4 Å². The maximum absolute atomic E-state index is 13.0. The highest BCUT2D eigenvalue weighted by Gasteiger charge is 2.23. The highest BCUT2D eigenvalue weighted by molar-refractivity contribution is 7.92. The van der Waals surface area contributed by atoms with Gasteiger partial charge < -0.3 is 15.0 Å². The number of rotatable bonds is 8. The molecule has 0 bridgehead atoms. The number of aromatic nitrogens is 1. The molecule has 12 nitrogen and oxygen atoms in total. The summed E-state index contributed by atoms with van der Waals surface area (Å²) in [5.41, 5.74) is 0.594. The van der Waals surface area contributed by atoms with Gasteiger partial charge in [0.2, 0.25) is 5.56 Å². The van der Waals surface area contributed by atoms with Crippen molar-refractivity contribution in [3.8, 4) is 0 Å². The first kappa shape index (κ1) is 27.0. The van der Waals surface area contributed by atoms with E-state index in [1.54, 1.807) is 18.2 Å². The number of carbonyl (C=O) groups is 2. The fourth-order valence-corrected chi connectivity index (χ4v) is 4.75. The number of H-pyrrole nitrogens is 1. The lowest BCUT2D eigenvalue weighted by Gasteiger charge is -2.15. The van der Waals surface area contributed by atoms with Gasteiger partial charge in [-0.1, -0.05) is 12.1 Å². The van der Waals surface area contributed by atoms with Gasteiger partial charge in [0.1, 0.15) is 0 Å². The van der Waals surface area contributed by atoms with Crippen LogP contribution >= 0.6 is 0 Å². The Morgan fingerprint density at radius 1 is 1.00 bits per heavy atom. The van der Waals surface area contributed by atoms with Gasteiger partial charge in [-0.3, -0.25) is 24.4 Å². The van der Waals surface area contributed by atoms with Gasteiger partial charge in [-0.15, -0.1) is 0 Å². The number of nitro benzene ring substituents is 1. The number of hydrogen-bond donors (Lipinski definition) is 3. The molecule has 4 rings (SSSR count). The van der Waals surface area contributed by atoms with Crippen molar-refractivity contribution in [2.75, 3.05) is 10.0 Å². The summed E-state index contributed by atoms with van der Waals surface area (Å²) >= 11 is 0. The maximum Gasteiger partial charge on any atom is 0.339 e. The minimum absolute atomic E-state index is 0.0923. The van der Waals surface area contributed by atoms with Gasteiger partial charge in [0.15, 0.2) is 6.10 Å². The summed E-state index contributed by atoms with van der Waals surface area (Å²) in [4.78, 5) is 50.3. The largest absolute Gasteiger partial charge is 0.449 e. The summed E-state index contributed by atoms with van der Waals surface area (Å²) in [6, 6.07) is 16.6. The molecule has 1 heterocycles. The summed E-state index contributed by atoms with van der Waals surface area (Å²) in [5.74, 6) is -1.75. The van der Waals surface area contributed by atoms with Crippen LogP contribution in [-0.4, -0.2) is 36.3 Å². The van der Waals surface area contributed by atoms with Crippen molar-refractivity contribution in [3.05, 3.63) is 104 Å². The fourth-order valence-electron chi connectivity index (χ4n) is 3.68. The zero-order valence-corrected chi connectivity index (χ0v) is 21.4. The summed E-state index contributed by atoms with van der Waals surface area (Å²) in [7, 11) is -4.05. The monoisotopic (exact) mass is 550 g/mol. The second-order valence-corrected chi connectivity index (χ2v) is 10.3. The Balaban J connectivity index is 1.57. The van der Waals surface area contributed by atoms with Crippen LogP contribution in [0.5, 0.6) is 0 Å². The number of aryl methyl sites for hydroxylation is 1. The number of sulfonamides is 1. The van der Waals surface area contributed by atoms with Crippen LogP contribution in [0.25, 0.3) is 10.9 Å². The molecule has 39 heavy (non-hydrogen) atoms. The third-order valence-electron chi connectivity index (χ3n) is 5.61. The molecule has 1 aromatic heterocycles. The predicted molar refractivity (Wildman–Crippen MR) is 143 cm³/mol. The lowest BCUT2D eigenvalue weighted by molar-refractivity contribution is -0.384. The Labute approximate surface area is 221 Å². The van der Waals surface area contributed by atoms with E-state index in [-0.39, 0.29) is 32.7 Å². The molecule has 0 aliphatic rings. The summed E-state index contributed by atoms with van der Waals surface area (Å²) in [6.07, 6.45) is -1.32. The fraction of sp³-hybridized carbons (Fsp3) is 0.115. The Morgan fingerprint density at radius 2 is 1.72 bits per heavy atom. The second kappa shape index (κ2) is 10.8. The highest BCUT2D eigenvalue weighted by Crippen LogP contribution is 2.24. The number of esters is 1. The Morgan fingerprint density at radius 3 is 2.38 bits per heavy atom. The third-order valence-corrected chi connectivity index (χ3v) is 6.99. The first-order valence-electron chi connectivity index (χ1n) is 11.5. The molecule has 13 heteroatoms. The quantitative estimate of drug-likeness (QED) is 0.169. The average molecular weight is 551 g/mol. The van der Waals surface area contributed by atoms with Gasteiger partial charge in [0.25, 0.3) is 21.6 Å². The van der Waals surface area contributed by atoms with E-state index in [1.807, 2.05) is 13.0 Å². The van der Waals surface area contributed by atoms with E-state index in [4.69, 9.17) is 4.74 Å². The predicted octanol–water partition coefficient (Wildman–Crippen LogP) is 3.73. The molecule has 0 aliphatic carbocycles. The van der Waals surface area contributed by atoms with E-state index in [1.165, 1.54) is 49.4 Å². The topological polar surface area (TPSA) is 178 Å². The molecule has 1 atom stereocenters. The minimum atomic E-state index is -4.05. The summed E-state index contributed by atoms with van der Waals surface area (Å²) in [5, 5.41) is 13.4. The molecule has 0 fully saturated rings. The first-order chi connectivity index (χ1) is 18.4. The zero-order chi connectivity index (χ0) is 28.3. The van der Waals surface area contributed by atoms with Gasteiger partial charge in [-0.25, -0.2) is 13.2 Å². The van der Waals surface area contributed by atoms with E-state index in [2.05, 4.69) is 15.0 Å². The molecule has 0 spiro atoms. The molecule has 0 saturated carbocycles. The molecule has 0 radical (unpaired) electrons. The molecule has 4 aromatic rings. The number of fused-ring (bicyclic) bond motifs is 1. The smallest absolute Gasteiger partial charge is 0.339 e. The maximum atomic E-state index is 13.0. The Bertz CT molecular complexity index is 1770. The van der Waals surface area contributed by atoms with E-state index >= 15 is 0 Å². The Kier molecular flexibility index (Phi) is 7.44. The van der Waals surface area contributed by atoms with Crippen molar-refractivity contribution >= 4 is 49.9 Å². The molecule has 0 saturated heterocycles. The van der Waals surface area contributed by atoms with Gasteiger partial charge in [0, 0.05) is 40.5 Å². The molecule has 1 amide bonds. The van der Waals surface area contributed by atoms with Crippen LogP contribution in [0.2, 0.25) is 0 Å². The van der Waals surface area contributed by atoms with Crippen LogP contribution in [0.15, 0.2) is 82.5 Å². The van der Waals surface area contributed by atoms with Crippen LogP contribution in [0.3, 0.4) is 0 Å². The third kappa shape index (κ3) is 6.27. The van der Waals surface area contributed by atoms with Crippen LogP contribution in [-0.2, 0) is 19.6 Å². The Hall–Kier alpha value is -5.04. The van der Waals surface area contributed by atoms with Crippen LogP contribution < -0.4 is 15.6 Å². The number of aromatic amines is 1. The number of nitro groups is 1. The number of ether oxygens (including phenoxy) is 1. The number of non-ortho nitro benzene ring substituents is 1. The number of nitrogens with zero attached hydrogens (tertiary/aromatic N) is 1. The van der Waals surface area contributed by atoms with Crippen molar-refractivity contribution in [2.24, 2.45) is 0 Å². The van der Waals surface area contributed by atoms with Crippen molar-refractivity contribution < 1.29 is 27.7 Å². The number of amides is 1. The zero-order valence-electron chi connectivity index (χ0n) is 20.6. The number of nitrogens with one attached hydrogen (secondary N) is 3. The number of carbonyl (C=O) groups excluding carboxylic acids is 2. The normalized spacial score (nSPS) is 11.9. The summed E-state index contributed by atoms with van der Waals surface area (Å²) < 4.78 is 33.8. The van der Waals surface area contributed by atoms with Crippen LogP contribution in [0, 0.1) is 17.0 Å². The van der Waals surface area contributed by atoms with E-state index in [0.717, 1.165) is 11.6 Å². The average Bonchev–Trinajstić information content (AvgIpc) is 2.87. The highest BCUT2D eigenvalue weighted by atomic mass is 32.2. The molecule has 3 N–H and O–H groups in total. The molecular weight excluding hydrogens is 528 g/mol. The van der Waals surface area contributed by atoms with Crippen molar-refractivity contribution in [1.29, 1.82) is 0 Å². The van der Waals surface area contributed by atoms with Gasteiger partial charge in [-0.2, -0.15) is 0 Å². The molecular formula is C26H22N4O8S. The molecule has 0 unspecified atom stereocenters. The van der Waals surface area contributed by atoms with Gasteiger partial charge >= 0.3 is 5.97 Å². The van der Waals surface area contributed by atoms with E-state index in [9.17, 15) is 32.9 Å². The first-order valence-corrected chi connectivity index (χ1v) is 12.9. The molecule has 0 aliphatic heterocycles. The molecule has 3 aromatic carbocycles. The lowest BCUT2D eigenvalue weighted by atomic mass is 10.1. The molecule has 200 valence electrons. The summed E-state index contributed by atoms with van der Waals surface area (Å²) in [6.45, 7) is 3.12. The standard InChI is InChI=1S/C26H22N4O8S/c1-15-4-3-5-18(12-15)29-39(36,37)20-10-11-23-21(13-20)22(14-24(31)28-23)26(33)38-16(2)25(32)27-17-6-8-19(9-7-17)30(34)35/h3-14,16,29H,1-2H3,(H,27,32)(H,28,31)/t16-/m1/s1. The number of hydrogen-bond acceptors (Lipinski definition) is 8. The number of pyridine rings is 1. The second-order valence-electron chi connectivity index (χ2n) is 8.57. The van der Waals surface area contributed by atoms with E-state index in [0.29, 0.717) is 5.69 Å². The van der Waals surface area contributed by atoms with Crippen molar-refractivity contribution in [2.45, 2.75) is 24.8 Å². The SMILES string of the molecule is Cc1cccc(NS(=O)(=O)c2ccc3[nH]c(=O)cc(C(=O)O[C@H](C)C(=O)Nc4ccc([N+](=O)[O-])cc4)c3c2)c1.